The molecule has 0 atom stereocenters. The van der Waals surface area contributed by atoms with E-state index in [4.69, 9.17) is 5.73 Å². The number of nitrogen functional groups attached to an aromatic ring is 1. The monoisotopic (exact) mass is 175 g/mol. The summed E-state index contributed by atoms with van der Waals surface area (Å²) in [5.74, 6) is 0. The van der Waals surface area contributed by atoms with E-state index in [0.717, 1.165) is 5.69 Å². The molecular weight excluding hydrogens is 162 g/mol. The van der Waals surface area contributed by atoms with Gasteiger partial charge in [-0.25, -0.2) is 0 Å². The van der Waals surface area contributed by atoms with E-state index < -0.39 is 0 Å². The van der Waals surface area contributed by atoms with E-state index in [0.29, 0.717) is 0 Å². The molecule has 0 aliphatic rings. The minimum atomic E-state index is 0. The molecule has 11 heavy (non-hydrogen) atoms. The summed E-state index contributed by atoms with van der Waals surface area (Å²) in [6, 6.07) is 0. The molecule has 1 heterocycles. The highest BCUT2D eigenvalue weighted by atomic mass is 35.5. The van der Waals surface area contributed by atoms with Gasteiger partial charge in [0.25, 0.3) is 0 Å². The molecule has 0 saturated carbocycles. The van der Waals surface area contributed by atoms with Gasteiger partial charge in [-0.3, -0.25) is 4.68 Å². The predicted octanol–water partition coefficient (Wildman–Crippen LogP) is 1.64. The number of nitrogens with zero attached hydrogens (tertiary/aromatic N) is 2. The van der Waals surface area contributed by atoms with Crippen molar-refractivity contribution in [2.24, 2.45) is 0 Å². The highest BCUT2D eigenvalue weighted by molar-refractivity contribution is 5.85. The minimum Gasteiger partial charge on any atom is -0.396 e. The van der Waals surface area contributed by atoms with Gasteiger partial charge < -0.3 is 5.73 Å². The van der Waals surface area contributed by atoms with Crippen molar-refractivity contribution in [3.05, 3.63) is 12.4 Å². The summed E-state index contributed by atoms with van der Waals surface area (Å²) >= 11 is 0. The highest BCUT2D eigenvalue weighted by Crippen LogP contribution is 2.13. The molecule has 0 spiro atoms. The first kappa shape index (κ1) is 10.3. The van der Waals surface area contributed by atoms with Gasteiger partial charge in [0.1, 0.15) is 0 Å². The summed E-state index contributed by atoms with van der Waals surface area (Å²) in [5, 5.41) is 4.08. The summed E-state index contributed by atoms with van der Waals surface area (Å²) < 4.78 is 1.85. The van der Waals surface area contributed by atoms with Crippen molar-refractivity contribution in [1.29, 1.82) is 0 Å². The number of nitrogens with two attached hydrogens (primary N) is 1. The molecular formula is C7H14ClN3. The first-order valence-corrected chi connectivity index (χ1v) is 3.31. The second kappa shape index (κ2) is 3.13. The largest absolute Gasteiger partial charge is 0.396 e. The SMILES string of the molecule is CC(C)(C)n1cc(N)cn1.Cl. The second-order valence-electron chi connectivity index (χ2n) is 3.39. The van der Waals surface area contributed by atoms with Crippen LogP contribution in [0.5, 0.6) is 0 Å². The zero-order chi connectivity index (χ0) is 7.78. The van der Waals surface area contributed by atoms with Gasteiger partial charge in [-0.1, -0.05) is 0 Å². The quantitative estimate of drug-likeness (QED) is 0.652. The van der Waals surface area contributed by atoms with Gasteiger partial charge in [0.2, 0.25) is 0 Å². The average Bonchev–Trinajstić information content (AvgIpc) is 2.11. The van der Waals surface area contributed by atoms with Crippen molar-refractivity contribution >= 4 is 18.1 Å². The Hall–Kier alpha value is -0.700. The predicted molar refractivity (Wildman–Crippen MR) is 48.9 cm³/mol. The number of hydrogen-bond donors (Lipinski definition) is 1. The maximum absolute atomic E-state index is 5.49. The molecule has 1 aromatic rings. The Balaban J connectivity index is 0.000001000. The van der Waals surface area contributed by atoms with Crippen LogP contribution in [0, 0.1) is 0 Å². The molecule has 0 unspecified atom stereocenters. The van der Waals surface area contributed by atoms with Crippen LogP contribution >= 0.6 is 12.4 Å². The maximum Gasteiger partial charge on any atom is 0.0720 e. The first-order chi connectivity index (χ1) is 4.50. The Morgan fingerprint density at radius 3 is 2.18 bits per heavy atom. The molecule has 4 heteroatoms. The van der Waals surface area contributed by atoms with E-state index in [1.807, 2.05) is 10.9 Å². The Morgan fingerprint density at radius 1 is 1.45 bits per heavy atom. The van der Waals surface area contributed by atoms with Gasteiger partial charge in [-0.05, 0) is 20.8 Å². The van der Waals surface area contributed by atoms with Crippen LogP contribution < -0.4 is 5.73 Å². The van der Waals surface area contributed by atoms with E-state index in [1.165, 1.54) is 0 Å². The average molecular weight is 176 g/mol. The van der Waals surface area contributed by atoms with Crippen LogP contribution in [0.15, 0.2) is 12.4 Å². The Bertz CT molecular complexity index is 224. The standard InChI is InChI=1S/C7H13N3.ClH/c1-7(2,3)10-5-6(8)4-9-10;/h4-5H,8H2,1-3H3;1H. The lowest BCUT2D eigenvalue weighted by molar-refractivity contribution is 0.355. The van der Waals surface area contributed by atoms with Crippen LogP contribution in [0.4, 0.5) is 5.69 Å². The molecule has 0 aliphatic carbocycles. The van der Waals surface area contributed by atoms with Crippen LogP contribution in [0.25, 0.3) is 0 Å². The molecule has 0 fully saturated rings. The van der Waals surface area contributed by atoms with Crippen molar-refractivity contribution in [3.8, 4) is 0 Å². The Kier molecular flexibility index (Phi) is 2.93. The molecule has 1 rings (SSSR count). The Morgan fingerprint density at radius 2 is 2.00 bits per heavy atom. The number of aromatic nitrogens is 2. The molecule has 64 valence electrons. The van der Waals surface area contributed by atoms with Crippen LogP contribution in [-0.2, 0) is 5.54 Å². The zero-order valence-electron chi connectivity index (χ0n) is 7.03. The summed E-state index contributed by atoms with van der Waals surface area (Å²) in [5.41, 5.74) is 6.25. The molecule has 0 aliphatic heterocycles. The second-order valence-corrected chi connectivity index (χ2v) is 3.39. The summed E-state index contributed by atoms with van der Waals surface area (Å²) in [6.07, 6.45) is 3.49. The van der Waals surface area contributed by atoms with E-state index in [9.17, 15) is 0 Å². The van der Waals surface area contributed by atoms with E-state index in [2.05, 4.69) is 25.9 Å². The van der Waals surface area contributed by atoms with Crippen LogP contribution in [0.3, 0.4) is 0 Å². The van der Waals surface area contributed by atoms with Crippen LogP contribution in [-0.4, -0.2) is 9.78 Å². The van der Waals surface area contributed by atoms with Gasteiger partial charge in [0, 0.05) is 6.20 Å². The van der Waals surface area contributed by atoms with Crippen molar-refractivity contribution in [2.45, 2.75) is 26.3 Å². The number of rotatable bonds is 0. The fourth-order valence-corrected chi connectivity index (χ4v) is 0.704. The van der Waals surface area contributed by atoms with Gasteiger partial charge in [0.15, 0.2) is 0 Å². The molecule has 0 bridgehead atoms. The summed E-state index contributed by atoms with van der Waals surface area (Å²) in [6.45, 7) is 6.25. The van der Waals surface area contributed by atoms with Crippen LogP contribution in [0.1, 0.15) is 20.8 Å². The van der Waals surface area contributed by atoms with E-state index in [1.54, 1.807) is 6.20 Å². The van der Waals surface area contributed by atoms with Gasteiger partial charge in [0.05, 0.1) is 17.4 Å². The number of anilines is 1. The van der Waals surface area contributed by atoms with Crippen molar-refractivity contribution < 1.29 is 0 Å². The summed E-state index contributed by atoms with van der Waals surface area (Å²) in [7, 11) is 0. The fraction of sp³-hybridized carbons (Fsp3) is 0.571. The third-order valence-electron chi connectivity index (χ3n) is 1.29. The van der Waals surface area contributed by atoms with E-state index in [-0.39, 0.29) is 17.9 Å². The first-order valence-electron chi connectivity index (χ1n) is 3.31. The van der Waals surface area contributed by atoms with Crippen LogP contribution in [0.2, 0.25) is 0 Å². The van der Waals surface area contributed by atoms with Gasteiger partial charge >= 0.3 is 0 Å². The maximum atomic E-state index is 5.49. The molecule has 2 N–H and O–H groups in total. The highest BCUT2D eigenvalue weighted by Gasteiger charge is 2.12. The lowest BCUT2D eigenvalue weighted by atomic mass is 10.1. The fourth-order valence-electron chi connectivity index (χ4n) is 0.704. The van der Waals surface area contributed by atoms with E-state index >= 15 is 0 Å². The molecule has 0 radical (unpaired) electrons. The van der Waals surface area contributed by atoms with Gasteiger partial charge in [-0.2, -0.15) is 5.10 Å². The number of hydrogen-bond acceptors (Lipinski definition) is 2. The topological polar surface area (TPSA) is 43.8 Å². The lowest BCUT2D eigenvalue weighted by Crippen LogP contribution is -2.21. The molecule has 0 aromatic carbocycles. The van der Waals surface area contributed by atoms with Crippen molar-refractivity contribution in [3.63, 3.8) is 0 Å². The normalized spacial score (nSPS) is 10.8. The molecule has 1 aromatic heterocycles. The smallest absolute Gasteiger partial charge is 0.0720 e. The Labute approximate surface area is 73.0 Å². The third-order valence-corrected chi connectivity index (χ3v) is 1.29. The zero-order valence-corrected chi connectivity index (χ0v) is 7.85. The summed E-state index contributed by atoms with van der Waals surface area (Å²) in [4.78, 5) is 0. The number of halogens is 1. The van der Waals surface area contributed by atoms with Gasteiger partial charge in [-0.15, -0.1) is 12.4 Å². The molecule has 0 saturated heterocycles. The molecule has 0 amide bonds. The third kappa shape index (κ3) is 2.42. The van der Waals surface area contributed by atoms with Crippen molar-refractivity contribution in [2.75, 3.05) is 5.73 Å². The van der Waals surface area contributed by atoms with Crippen molar-refractivity contribution in [1.82, 2.24) is 9.78 Å². The molecule has 3 nitrogen and oxygen atoms in total. The lowest BCUT2D eigenvalue weighted by Gasteiger charge is -2.18. The minimum absolute atomic E-state index is 0.